The summed E-state index contributed by atoms with van der Waals surface area (Å²) in [7, 11) is 0. The molecule has 1 fully saturated rings. The Labute approximate surface area is 143 Å². The Bertz CT molecular complexity index is 255. The predicted octanol–water partition coefficient (Wildman–Crippen LogP) is 4.97. The number of nitrogens with zero attached hydrogens (tertiary/aromatic N) is 1. The first kappa shape index (κ1) is 21.7. The van der Waals surface area contributed by atoms with Gasteiger partial charge in [0.15, 0.2) is 0 Å². The Hall–Kier alpha value is -0.280. The quantitative estimate of drug-likeness (QED) is 0.352. The van der Waals surface area contributed by atoms with E-state index < -0.39 is 0 Å². The van der Waals surface area contributed by atoms with Crippen molar-refractivity contribution in [1.82, 2.24) is 4.90 Å². The van der Waals surface area contributed by atoms with Gasteiger partial charge in [0.25, 0.3) is 0 Å². The van der Waals surface area contributed by atoms with E-state index in [0.717, 1.165) is 13.0 Å². The molecule has 1 heterocycles. The number of rotatable bonds is 13. The van der Waals surface area contributed by atoms with Gasteiger partial charge in [0.2, 0.25) is 0 Å². The van der Waals surface area contributed by atoms with Crippen molar-refractivity contribution in [3.63, 3.8) is 0 Å². The lowest BCUT2D eigenvalue weighted by Gasteiger charge is -2.14. The monoisotopic (exact) mass is 333 g/mol. The predicted molar refractivity (Wildman–Crippen MR) is 95.7 cm³/mol. The van der Waals surface area contributed by atoms with E-state index in [2.05, 4.69) is 11.8 Å². The second-order valence-electron chi connectivity index (χ2n) is 6.35. The highest BCUT2D eigenvalue weighted by Gasteiger charge is 2.11. The molecule has 0 radical (unpaired) electrons. The normalized spacial score (nSPS) is 14.8. The van der Waals surface area contributed by atoms with Crippen LogP contribution in [-0.2, 0) is 9.53 Å². The molecule has 0 aromatic rings. The summed E-state index contributed by atoms with van der Waals surface area (Å²) in [5.41, 5.74) is 0. The third-order valence-corrected chi connectivity index (χ3v) is 4.35. The molecule has 3 nitrogen and oxygen atoms in total. The van der Waals surface area contributed by atoms with E-state index in [1.165, 1.54) is 77.3 Å². The largest absolute Gasteiger partial charge is 0.464 e. The maximum absolute atomic E-state index is 11.6. The Morgan fingerprint density at radius 1 is 0.909 bits per heavy atom. The van der Waals surface area contributed by atoms with Crippen LogP contribution in [0.5, 0.6) is 0 Å². The number of carbonyl (C=O) groups is 1. The molecule has 22 heavy (non-hydrogen) atoms. The van der Waals surface area contributed by atoms with Gasteiger partial charge in [-0.1, -0.05) is 58.3 Å². The molecule has 0 unspecified atom stereocenters. The molecule has 0 aliphatic carbocycles. The van der Waals surface area contributed by atoms with Gasteiger partial charge in [-0.25, -0.2) is 0 Å². The number of hydrogen-bond donors (Lipinski definition) is 0. The van der Waals surface area contributed by atoms with E-state index in [4.69, 9.17) is 4.74 Å². The van der Waals surface area contributed by atoms with Gasteiger partial charge in [0.1, 0.15) is 6.61 Å². The van der Waals surface area contributed by atoms with Crippen LogP contribution in [0.4, 0.5) is 0 Å². The summed E-state index contributed by atoms with van der Waals surface area (Å²) in [4.78, 5) is 14.0. The van der Waals surface area contributed by atoms with Crippen LogP contribution in [0.25, 0.3) is 0 Å². The van der Waals surface area contributed by atoms with E-state index in [1.54, 1.807) is 0 Å². The highest BCUT2D eigenvalue weighted by Crippen LogP contribution is 2.11. The molecule has 0 aromatic heterocycles. The molecular weight excluding hydrogens is 298 g/mol. The summed E-state index contributed by atoms with van der Waals surface area (Å²) in [6.45, 7) is 6.11. The van der Waals surface area contributed by atoms with Gasteiger partial charge in [-0.05, 0) is 32.4 Å². The second-order valence-corrected chi connectivity index (χ2v) is 6.35. The molecule has 0 saturated carbocycles. The smallest absolute Gasteiger partial charge is 0.305 e. The van der Waals surface area contributed by atoms with Crippen LogP contribution in [0.2, 0.25) is 0 Å². The van der Waals surface area contributed by atoms with Crippen LogP contribution in [-0.4, -0.2) is 37.1 Å². The third kappa shape index (κ3) is 12.3. The van der Waals surface area contributed by atoms with Crippen LogP contribution in [0.1, 0.15) is 84.0 Å². The first-order valence-electron chi connectivity index (χ1n) is 9.21. The number of ether oxygens (including phenoxy) is 1. The van der Waals surface area contributed by atoms with Crippen molar-refractivity contribution in [1.29, 1.82) is 0 Å². The van der Waals surface area contributed by atoms with Crippen LogP contribution in [0.3, 0.4) is 0 Å². The molecular formula is C18H36ClNO2. The summed E-state index contributed by atoms with van der Waals surface area (Å²) in [6.07, 6.45) is 14.8. The first-order valence-corrected chi connectivity index (χ1v) is 9.21. The molecule has 0 aromatic carbocycles. The van der Waals surface area contributed by atoms with Crippen molar-refractivity contribution in [2.24, 2.45) is 0 Å². The molecule has 0 N–H and O–H groups in total. The Morgan fingerprint density at radius 3 is 2.05 bits per heavy atom. The van der Waals surface area contributed by atoms with E-state index in [1.807, 2.05) is 0 Å². The number of unbranched alkanes of at least 4 members (excludes halogenated alkanes) is 8. The topological polar surface area (TPSA) is 29.5 Å². The lowest BCUT2D eigenvalue weighted by Crippen LogP contribution is -2.25. The van der Waals surface area contributed by atoms with Crippen molar-refractivity contribution in [2.75, 3.05) is 26.2 Å². The zero-order chi connectivity index (χ0) is 15.2. The summed E-state index contributed by atoms with van der Waals surface area (Å²) >= 11 is 0. The summed E-state index contributed by atoms with van der Waals surface area (Å²) in [6, 6.07) is 0. The minimum absolute atomic E-state index is 0. The molecule has 0 spiro atoms. The molecule has 0 amide bonds. The number of hydrogen-bond acceptors (Lipinski definition) is 3. The van der Waals surface area contributed by atoms with Crippen molar-refractivity contribution >= 4 is 18.4 Å². The number of carbonyl (C=O) groups excluding carboxylic acids is 1. The van der Waals surface area contributed by atoms with Crippen molar-refractivity contribution in [3.8, 4) is 0 Å². The number of esters is 1. The van der Waals surface area contributed by atoms with Crippen LogP contribution in [0, 0.1) is 0 Å². The number of likely N-dealkylation sites (tertiary alicyclic amines) is 1. The fourth-order valence-electron chi connectivity index (χ4n) is 2.95. The fourth-order valence-corrected chi connectivity index (χ4v) is 2.95. The highest BCUT2D eigenvalue weighted by atomic mass is 35.5. The number of halogens is 1. The average Bonchev–Trinajstić information content (AvgIpc) is 2.99. The molecule has 0 bridgehead atoms. The lowest BCUT2D eigenvalue weighted by atomic mass is 10.1. The van der Waals surface area contributed by atoms with Gasteiger partial charge in [-0.2, -0.15) is 0 Å². The van der Waals surface area contributed by atoms with Crippen LogP contribution >= 0.6 is 12.4 Å². The third-order valence-electron chi connectivity index (χ3n) is 4.35. The van der Waals surface area contributed by atoms with Crippen molar-refractivity contribution in [2.45, 2.75) is 84.0 Å². The van der Waals surface area contributed by atoms with Gasteiger partial charge in [-0.15, -0.1) is 12.4 Å². The summed E-state index contributed by atoms with van der Waals surface area (Å²) in [5.74, 6) is -0.00265. The maximum Gasteiger partial charge on any atom is 0.305 e. The second kappa shape index (κ2) is 15.6. The Balaban J connectivity index is 0.00000441. The van der Waals surface area contributed by atoms with Crippen molar-refractivity contribution in [3.05, 3.63) is 0 Å². The molecule has 1 saturated heterocycles. The van der Waals surface area contributed by atoms with Gasteiger partial charge in [0.05, 0.1) is 0 Å². The highest BCUT2D eigenvalue weighted by molar-refractivity contribution is 5.85. The van der Waals surface area contributed by atoms with E-state index in [9.17, 15) is 4.79 Å². The summed E-state index contributed by atoms with van der Waals surface area (Å²) in [5, 5.41) is 0. The lowest BCUT2D eigenvalue weighted by molar-refractivity contribution is -0.144. The molecule has 4 heteroatoms. The SMILES string of the molecule is CCCCCCCCCCCC(=O)OCCN1CCCC1.Cl. The van der Waals surface area contributed by atoms with Gasteiger partial charge in [0, 0.05) is 13.0 Å². The van der Waals surface area contributed by atoms with Gasteiger partial charge in [-0.3, -0.25) is 9.69 Å². The van der Waals surface area contributed by atoms with E-state index >= 15 is 0 Å². The Kier molecular flexibility index (Phi) is 15.4. The molecule has 1 aliphatic heterocycles. The first-order chi connectivity index (χ1) is 10.3. The molecule has 1 aliphatic rings. The van der Waals surface area contributed by atoms with Gasteiger partial charge >= 0.3 is 5.97 Å². The molecule has 0 atom stereocenters. The van der Waals surface area contributed by atoms with E-state index in [-0.39, 0.29) is 18.4 Å². The standard InChI is InChI=1S/C18H35NO2.ClH/c1-2-3-4-5-6-7-8-9-10-13-18(20)21-17-16-19-14-11-12-15-19;/h2-17H2,1H3;1H. The molecule has 1 rings (SSSR count). The zero-order valence-electron chi connectivity index (χ0n) is 14.5. The van der Waals surface area contributed by atoms with Gasteiger partial charge < -0.3 is 4.74 Å². The average molecular weight is 334 g/mol. The fraction of sp³-hybridized carbons (Fsp3) is 0.944. The van der Waals surface area contributed by atoms with Crippen LogP contribution < -0.4 is 0 Å². The molecule has 132 valence electrons. The van der Waals surface area contributed by atoms with Crippen molar-refractivity contribution < 1.29 is 9.53 Å². The van der Waals surface area contributed by atoms with Crippen LogP contribution in [0.15, 0.2) is 0 Å². The van der Waals surface area contributed by atoms with E-state index in [0.29, 0.717) is 13.0 Å². The maximum atomic E-state index is 11.6. The Morgan fingerprint density at radius 2 is 1.45 bits per heavy atom. The minimum Gasteiger partial charge on any atom is -0.464 e. The minimum atomic E-state index is -0.00265. The zero-order valence-corrected chi connectivity index (χ0v) is 15.3. The summed E-state index contributed by atoms with van der Waals surface area (Å²) < 4.78 is 5.30.